The van der Waals surface area contributed by atoms with E-state index >= 15 is 0 Å². The second-order valence-electron chi connectivity index (χ2n) is 5.95. The van der Waals surface area contributed by atoms with E-state index in [9.17, 15) is 0 Å². The van der Waals surface area contributed by atoms with Crippen LogP contribution < -0.4 is 4.74 Å². The molecule has 1 N–H and O–H groups in total. The quantitative estimate of drug-likeness (QED) is 0.318. The van der Waals surface area contributed by atoms with Crippen LogP contribution in [0.5, 0.6) is 11.5 Å². The van der Waals surface area contributed by atoms with E-state index in [4.69, 9.17) is 9.84 Å². The highest BCUT2D eigenvalue weighted by molar-refractivity contribution is 14.1. The van der Waals surface area contributed by atoms with Gasteiger partial charge in [0, 0.05) is 0 Å². The number of halogens is 1. The molecule has 0 unspecified atom stereocenters. The summed E-state index contributed by atoms with van der Waals surface area (Å²) in [7, 11) is 1.64. The molecule has 0 bridgehead atoms. The summed E-state index contributed by atoms with van der Waals surface area (Å²) >= 11 is 2.15. The number of rotatable bonds is 5. The van der Waals surface area contributed by atoms with E-state index in [1.54, 1.807) is 24.2 Å². The monoisotopic (exact) mass is 504 g/mol. The Morgan fingerprint density at radius 1 is 0.793 bits per heavy atom. The molecule has 0 spiro atoms. The van der Waals surface area contributed by atoms with E-state index in [1.807, 2.05) is 64.3 Å². The number of aromatic nitrogens is 4. The Balaban J connectivity index is 0.000000191. The molecular formula is C22H25IN4O2. The maximum atomic E-state index is 9.05. The van der Waals surface area contributed by atoms with Crippen LogP contribution in [0.1, 0.15) is 11.1 Å². The highest BCUT2D eigenvalue weighted by atomic mass is 127. The van der Waals surface area contributed by atoms with Crippen molar-refractivity contribution in [1.82, 2.24) is 19.6 Å². The van der Waals surface area contributed by atoms with Crippen molar-refractivity contribution in [2.75, 3.05) is 12.0 Å². The first-order chi connectivity index (χ1) is 14.2. The number of benzene rings is 2. The van der Waals surface area contributed by atoms with Crippen molar-refractivity contribution >= 4 is 22.6 Å². The van der Waals surface area contributed by atoms with Gasteiger partial charge in [0.25, 0.3) is 0 Å². The average molecular weight is 504 g/mol. The first-order valence-corrected chi connectivity index (χ1v) is 11.1. The number of aromatic hydroxyl groups is 1. The Morgan fingerprint density at radius 3 is 1.69 bits per heavy atom. The lowest BCUT2D eigenvalue weighted by Gasteiger charge is -2.00. The van der Waals surface area contributed by atoms with Gasteiger partial charge in [0.1, 0.15) is 0 Å². The van der Waals surface area contributed by atoms with Crippen molar-refractivity contribution in [1.29, 1.82) is 0 Å². The highest BCUT2D eigenvalue weighted by Crippen LogP contribution is 2.09. The van der Waals surface area contributed by atoms with Crippen LogP contribution in [0.3, 0.4) is 0 Å². The maximum Gasteiger partial charge on any atom is 0.156 e. The van der Waals surface area contributed by atoms with Crippen molar-refractivity contribution < 1.29 is 9.84 Å². The summed E-state index contributed by atoms with van der Waals surface area (Å²) < 4.78 is 8.60. The molecule has 0 amide bonds. The van der Waals surface area contributed by atoms with E-state index in [1.165, 1.54) is 17.3 Å². The predicted molar refractivity (Wildman–Crippen MR) is 124 cm³/mol. The van der Waals surface area contributed by atoms with Gasteiger partial charge in [-0.1, -0.05) is 83.3 Å². The van der Waals surface area contributed by atoms with Crippen LogP contribution in [0.25, 0.3) is 0 Å². The molecule has 6 nitrogen and oxygen atoms in total. The molecule has 0 aliphatic rings. The molecule has 0 aliphatic carbocycles. The van der Waals surface area contributed by atoms with E-state index in [0.29, 0.717) is 6.54 Å². The smallest absolute Gasteiger partial charge is 0.156 e. The molecule has 29 heavy (non-hydrogen) atoms. The summed E-state index contributed by atoms with van der Waals surface area (Å²) in [6.07, 6.45) is 6.63. The van der Waals surface area contributed by atoms with E-state index < -0.39 is 0 Å². The molecule has 7 heteroatoms. The van der Waals surface area contributed by atoms with Crippen LogP contribution in [0.2, 0.25) is 0 Å². The minimum atomic E-state index is 0.205. The SMILES string of the molecule is CI.COc1cnn(Cc2ccccc2)c1.Oc1cnn(Cc2ccccc2)c1. The predicted octanol–water partition coefficient (Wildman–Crippen LogP) is 4.63. The van der Waals surface area contributed by atoms with Gasteiger partial charge in [-0.3, -0.25) is 9.36 Å². The largest absolute Gasteiger partial charge is 0.505 e. The van der Waals surface area contributed by atoms with Crippen molar-refractivity contribution in [3.8, 4) is 11.5 Å². The minimum absolute atomic E-state index is 0.205. The minimum Gasteiger partial charge on any atom is -0.505 e. The summed E-state index contributed by atoms with van der Waals surface area (Å²) in [6, 6.07) is 20.2. The molecule has 0 atom stereocenters. The molecule has 4 rings (SSSR count). The van der Waals surface area contributed by atoms with Gasteiger partial charge in [0.2, 0.25) is 0 Å². The lowest BCUT2D eigenvalue weighted by molar-refractivity contribution is 0.414. The normalized spacial score (nSPS) is 9.62. The summed E-state index contributed by atoms with van der Waals surface area (Å²) in [4.78, 5) is 1.97. The number of nitrogens with zero attached hydrogens (tertiary/aromatic N) is 4. The zero-order valence-corrected chi connectivity index (χ0v) is 18.7. The van der Waals surface area contributed by atoms with Crippen molar-refractivity contribution in [3.05, 3.63) is 96.6 Å². The summed E-state index contributed by atoms with van der Waals surface area (Å²) in [5.74, 6) is 0.997. The zero-order chi connectivity index (χ0) is 20.9. The Hall–Kier alpha value is -2.81. The van der Waals surface area contributed by atoms with Gasteiger partial charge < -0.3 is 9.84 Å². The van der Waals surface area contributed by atoms with Crippen molar-refractivity contribution in [2.45, 2.75) is 13.1 Å². The van der Waals surface area contributed by atoms with Crippen molar-refractivity contribution in [2.24, 2.45) is 0 Å². The van der Waals surface area contributed by atoms with Crippen LogP contribution in [0.4, 0.5) is 0 Å². The molecular weight excluding hydrogens is 479 g/mol. The molecule has 2 aromatic carbocycles. The Labute approximate surface area is 184 Å². The van der Waals surface area contributed by atoms with Gasteiger partial charge in [-0.25, -0.2) is 0 Å². The summed E-state index contributed by atoms with van der Waals surface area (Å²) in [5.41, 5.74) is 2.41. The third kappa shape index (κ3) is 7.98. The standard InChI is InChI=1S/C11H12N2O.C10H10N2O.CH3I/c1-14-11-7-12-13(9-11)8-10-5-3-2-4-6-10;13-10-6-11-12(8-10)7-9-4-2-1-3-5-9;1-2/h2-7,9H,8H2,1H3;1-6,8,13H,7H2;1H3. The molecule has 0 fully saturated rings. The van der Waals surface area contributed by atoms with Crippen LogP contribution in [-0.2, 0) is 13.1 Å². The molecule has 0 saturated carbocycles. The Morgan fingerprint density at radius 2 is 1.28 bits per heavy atom. The summed E-state index contributed by atoms with van der Waals surface area (Å²) in [5, 5.41) is 17.2. The van der Waals surface area contributed by atoms with Crippen molar-refractivity contribution in [3.63, 3.8) is 0 Å². The van der Waals surface area contributed by atoms with Gasteiger partial charge >= 0.3 is 0 Å². The van der Waals surface area contributed by atoms with E-state index in [2.05, 4.69) is 44.9 Å². The second kappa shape index (κ2) is 12.6. The maximum absolute atomic E-state index is 9.05. The van der Waals surface area contributed by atoms with Crippen LogP contribution in [-0.4, -0.2) is 36.7 Å². The van der Waals surface area contributed by atoms with Crippen LogP contribution >= 0.6 is 22.6 Å². The molecule has 0 radical (unpaired) electrons. The number of ether oxygens (including phenoxy) is 1. The van der Waals surface area contributed by atoms with Gasteiger partial charge in [-0.2, -0.15) is 10.2 Å². The molecule has 0 aliphatic heterocycles. The fourth-order valence-corrected chi connectivity index (χ4v) is 2.52. The van der Waals surface area contributed by atoms with Gasteiger partial charge in [0.05, 0.1) is 45.0 Å². The number of hydrogen-bond donors (Lipinski definition) is 1. The number of hydrogen-bond acceptors (Lipinski definition) is 4. The number of alkyl halides is 1. The van der Waals surface area contributed by atoms with Crippen LogP contribution in [0, 0.1) is 0 Å². The fraction of sp³-hybridized carbons (Fsp3) is 0.182. The number of methoxy groups -OCH3 is 1. The molecule has 0 saturated heterocycles. The fourth-order valence-electron chi connectivity index (χ4n) is 2.52. The van der Waals surface area contributed by atoms with Gasteiger partial charge in [0.15, 0.2) is 11.5 Å². The van der Waals surface area contributed by atoms with Gasteiger partial charge in [-0.05, 0) is 16.1 Å². The van der Waals surface area contributed by atoms with E-state index in [-0.39, 0.29) is 5.75 Å². The molecule has 2 aromatic heterocycles. The first-order valence-electron chi connectivity index (χ1n) is 8.96. The molecule has 2 heterocycles. The third-order valence-corrected chi connectivity index (χ3v) is 3.84. The molecule has 4 aromatic rings. The Kier molecular flexibility index (Phi) is 9.77. The highest BCUT2D eigenvalue weighted by Gasteiger charge is 1.98. The molecule has 152 valence electrons. The van der Waals surface area contributed by atoms with E-state index in [0.717, 1.165) is 12.3 Å². The topological polar surface area (TPSA) is 65.1 Å². The zero-order valence-electron chi connectivity index (χ0n) is 16.5. The third-order valence-electron chi connectivity index (χ3n) is 3.84. The van der Waals surface area contributed by atoms with Gasteiger partial charge in [-0.15, -0.1) is 0 Å². The first kappa shape index (κ1) is 22.5. The second-order valence-corrected chi connectivity index (χ2v) is 5.95. The Bertz CT molecular complexity index is 940. The summed E-state index contributed by atoms with van der Waals surface area (Å²) in [6.45, 7) is 1.48. The lowest BCUT2D eigenvalue weighted by Crippen LogP contribution is -1.99. The average Bonchev–Trinajstić information content (AvgIpc) is 3.40. The lowest BCUT2D eigenvalue weighted by atomic mass is 10.2. The van der Waals surface area contributed by atoms with Crippen LogP contribution in [0.15, 0.2) is 85.5 Å².